The van der Waals surface area contributed by atoms with E-state index in [9.17, 15) is 14.3 Å². The summed E-state index contributed by atoms with van der Waals surface area (Å²) in [6, 6.07) is 5.14. The van der Waals surface area contributed by atoms with Gasteiger partial charge in [0.25, 0.3) is 5.91 Å². The average molecular weight is 372 g/mol. The molecule has 0 saturated carbocycles. The molecule has 1 unspecified atom stereocenters. The largest absolute Gasteiger partial charge is 0.386 e. The summed E-state index contributed by atoms with van der Waals surface area (Å²) in [5.41, 5.74) is 1.92. The molecule has 1 atom stereocenters. The van der Waals surface area contributed by atoms with E-state index in [4.69, 9.17) is 0 Å². The van der Waals surface area contributed by atoms with E-state index in [2.05, 4.69) is 20.3 Å². The Bertz CT molecular complexity index is 927. The summed E-state index contributed by atoms with van der Waals surface area (Å²) in [6.45, 7) is 3.75. The Morgan fingerprint density at radius 2 is 1.96 bits per heavy atom. The van der Waals surface area contributed by atoms with Crippen molar-refractivity contribution in [1.29, 1.82) is 0 Å². The zero-order valence-electron chi connectivity index (χ0n) is 14.2. The van der Waals surface area contributed by atoms with Crippen molar-refractivity contribution in [3.05, 3.63) is 63.6 Å². The normalized spacial score (nSPS) is 12.0. The SMILES string of the molecule is Cc1ncc(C(O)CNC(=O)c2ccc(-c3ncc(F)cn3)cc2C)s1. The molecule has 1 amide bonds. The molecular weight excluding hydrogens is 355 g/mol. The molecule has 134 valence electrons. The van der Waals surface area contributed by atoms with Crippen LogP contribution in [0.1, 0.15) is 31.9 Å². The number of carbonyl (C=O) groups is 1. The third kappa shape index (κ3) is 4.09. The number of aryl methyl sites for hydroxylation is 2. The number of nitrogens with zero attached hydrogens (tertiary/aromatic N) is 3. The van der Waals surface area contributed by atoms with E-state index in [0.717, 1.165) is 23.0 Å². The second-order valence-electron chi connectivity index (χ2n) is 5.76. The van der Waals surface area contributed by atoms with Crippen LogP contribution in [0.5, 0.6) is 0 Å². The fourth-order valence-corrected chi connectivity index (χ4v) is 3.21. The highest BCUT2D eigenvalue weighted by Crippen LogP contribution is 2.21. The maximum Gasteiger partial charge on any atom is 0.251 e. The number of amides is 1. The number of aliphatic hydroxyl groups excluding tert-OH is 1. The Balaban J connectivity index is 1.68. The molecule has 6 nitrogen and oxygen atoms in total. The smallest absolute Gasteiger partial charge is 0.251 e. The molecule has 0 spiro atoms. The van der Waals surface area contributed by atoms with Gasteiger partial charge in [0.15, 0.2) is 11.6 Å². The number of thiazole rings is 1. The lowest BCUT2D eigenvalue weighted by Gasteiger charge is -2.12. The summed E-state index contributed by atoms with van der Waals surface area (Å²) in [7, 11) is 0. The van der Waals surface area contributed by atoms with E-state index < -0.39 is 11.9 Å². The lowest BCUT2D eigenvalue weighted by Crippen LogP contribution is -2.28. The number of hydrogen-bond acceptors (Lipinski definition) is 6. The molecule has 0 aliphatic carbocycles. The highest BCUT2D eigenvalue weighted by atomic mass is 32.1. The van der Waals surface area contributed by atoms with E-state index in [1.807, 2.05) is 6.92 Å². The Morgan fingerprint density at radius 1 is 1.23 bits per heavy atom. The van der Waals surface area contributed by atoms with Gasteiger partial charge in [0.2, 0.25) is 0 Å². The van der Waals surface area contributed by atoms with Gasteiger partial charge in [0.1, 0.15) is 6.10 Å². The molecule has 3 rings (SSSR count). The number of aliphatic hydroxyl groups is 1. The minimum Gasteiger partial charge on any atom is -0.386 e. The fraction of sp³-hybridized carbons (Fsp3) is 0.222. The van der Waals surface area contributed by atoms with Crippen LogP contribution in [0.15, 0.2) is 36.8 Å². The molecule has 2 N–H and O–H groups in total. The van der Waals surface area contributed by atoms with Gasteiger partial charge in [-0.3, -0.25) is 4.79 Å². The van der Waals surface area contributed by atoms with E-state index in [-0.39, 0.29) is 12.5 Å². The molecule has 2 heterocycles. The monoisotopic (exact) mass is 372 g/mol. The van der Waals surface area contributed by atoms with Gasteiger partial charge in [-0.2, -0.15) is 0 Å². The molecule has 0 aliphatic heterocycles. The Morgan fingerprint density at radius 3 is 2.58 bits per heavy atom. The molecular formula is C18H17FN4O2S. The number of halogens is 1. The summed E-state index contributed by atoms with van der Waals surface area (Å²) in [6.07, 6.45) is 3.01. The van der Waals surface area contributed by atoms with Crippen molar-refractivity contribution < 1.29 is 14.3 Å². The molecule has 0 fully saturated rings. The van der Waals surface area contributed by atoms with Gasteiger partial charge in [-0.15, -0.1) is 11.3 Å². The summed E-state index contributed by atoms with van der Waals surface area (Å²) in [4.78, 5) is 25.1. The van der Waals surface area contributed by atoms with Crippen molar-refractivity contribution in [2.24, 2.45) is 0 Å². The van der Waals surface area contributed by atoms with Crippen LogP contribution >= 0.6 is 11.3 Å². The molecule has 0 radical (unpaired) electrons. The van der Waals surface area contributed by atoms with E-state index >= 15 is 0 Å². The van der Waals surface area contributed by atoms with E-state index in [1.165, 1.54) is 11.3 Å². The van der Waals surface area contributed by atoms with E-state index in [0.29, 0.717) is 21.8 Å². The van der Waals surface area contributed by atoms with Crippen LogP contribution in [0.3, 0.4) is 0 Å². The third-order valence-corrected chi connectivity index (χ3v) is 4.79. The fourth-order valence-electron chi connectivity index (χ4n) is 2.44. The van der Waals surface area contributed by atoms with Gasteiger partial charge >= 0.3 is 0 Å². The molecule has 8 heteroatoms. The zero-order valence-corrected chi connectivity index (χ0v) is 15.0. The number of hydrogen-bond donors (Lipinski definition) is 2. The third-order valence-electron chi connectivity index (χ3n) is 3.77. The predicted octanol–water partition coefficient (Wildman–Crippen LogP) is 2.82. The Kier molecular flexibility index (Phi) is 5.34. The van der Waals surface area contributed by atoms with E-state index in [1.54, 1.807) is 31.3 Å². The first-order valence-corrected chi connectivity index (χ1v) is 8.73. The highest BCUT2D eigenvalue weighted by molar-refractivity contribution is 7.11. The molecule has 1 aromatic carbocycles. The first kappa shape index (κ1) is 18.1. The summed E-state index contributed by atoms with van der Waals surface area (Å²) < 4.78 is 12.9. The summed E-state index contributed by atoms with van der Waals surface area (Å²) >= 11 is 1.39. The van der Waals surface area contributed by atoms with Gasteiger partial charge in [-0.25, -0.2) is 19.3 Å². The second-order valence-corrected chi connectivity index (χ2v) is 7.03. The molecule has 0 aliphatic rings. The van der Waals surface area contributed by atoms with Crippen molar-refractivity contribution in [1.82, 2.24) is 20.3 Å². The first-order chi connectivity index (χ1) is 12.4. The average Bonchev–Trinajstić information content (AvgIpc) is 3.06. The first-order valence-electron chi connectivity index (χ1n) is 7.91. The molecule has 0 saturated heterocycles. The number of carbonyl (C=O) groups excluding carboxylic acids is 1. The highest BCUT2D eigenvalue weighted by Gasteiger charge is 2.15. The second kappa shape index (κ2) is 7.67. The molecule has 26 heavy (non-hydrogen) atoms. The maximum absolute atomic E-state index is 12.9. The lowest BCUT2D eigenvalue weighted by molar-refractivity contribution is 0.0917. The van der Waals surface area contributed by atoms with Crippen LogP contribution in [-0.4, -0.2) is 32.5 Å². The van der Waals surface area contributed by atoms with Gasteiger partial charge in [0.05, 0.1) is 22.3 Å². The van der Waals surface area contributed by atoms with Gasteiger partial charge < -0.3 is 10.4 Å². The van der Waals surface area contributed by atoms with Crippen molar-refractivity contribution in [3.63, 3.8) is 0 Å². The maximum atomic E-state index is 12.9. The van der Waals surface area contributed by atoms with Crippen LogP contribution in [-0.2, 0) is 0 Å². The van der Waals surface area contributed by atoms with Crippen LogP contribution in [0.25, 0.3) is 11.4 Å². The van der Waals surface area contributed by atoms with Gasteiger partial charge in [-0.1, -0.05) is 6.07 Å². The van der Waals surface area contributed by atoms with Crippen LogP contribution < -0.4 is 5.32 Å². The minimum absolute atomic E-state index is 0.0999. The molecule has 2 aromatic heterocycles. The Hall–Kier alpha value is -2.71. The minimum atomic E-state index is -0.794. The predicted molar refractivity (Wildman–Crippen MR) is 96.3 cm³/mol. The quantitative estimate of drug-likeness (QED) is 0.719. The molecule has 0 bridgehead atoms. The van der Waals surface area contributed by atoms with Crippen LogP contribution in [0, 0.1) is 19.7 Å². The number of benzene rings is 1. The summed E-state index contributed by atoms with van der Waals surface area (Å²) in [5, 5.41) is 13.7. The zero-order chi connectivity index (χ0) is 18.7. The van der Waals surface area contributed by atoms with Crippen molar-refractivity contribution >= 4 is 17.2 Å². The van der Waals surface area contributed by atoms with Gasteiger partial charge in [0, 0.05) is 23.9 Å². The topological polar surface area (TPSA) is 88.0 Å². The van der Waals surface area contributed by atoms with Crippen LogP contribution in [0.2, 0.25) is 0 Å². The van der Waals surface area contributed by atoms with Crippen LogP contribution in [0.4, 0.5) is 4.39 Å². The molecule has 3 aromatic rings. The Labute approximate surface area is 153 Å². The van der Waals surface area contributed by atoms with Gasteiger partial charge in [-0.05, 0) is 31.5 Å². The number of aromatic nitrogens is 3. The summed E-state index contributed by atoms with van der Waals surface area (Å²) in [5.74, 6) is -0.400. The van der Waals surface area contributed by atoms with Crippen molar-refractivity contribution in [3.8, 4) is 11.4 Å². The number of nitrogens with one attached hydrogen (secondary N) is 1. The van der Waals surface area contributed by atoms with Crippen molar-refractivity contribution in [2.45, 2.75) is 20.0 Å². The standard InChI is InChI=1S/C18H17FN4O2S/c1-10-5-12(17-21-6-13(19)7-22-17)3-4-14(10)18(25)23-8-15(24)16-9-20-11(2)26-16/h3-7,9,15,24H,8H2,1-2H3,(H,23,25). The lowest BCUT2D eigenvalue weighted by atomic mass is 10.0. The number of rotatable bonds is 5. The van der Waals surface area contributed by atoms with Crippen molar-refractivity contribution in [2.75, 3.05) is 6.54 Å².